The van der Waals surface area contributed by atoms with Crippen LogP contribution in [0.15, 0.2) is 48.5 Å². The quantitative estimate of drug-likeness (QED) is 0.895. The van der Waals surface area contributed by atoms with Crippen LogP contribution in [0.4, 0.5) is 4.39 Å². The molecule has 1 aliphatic carbocycles. The number of hydrogen-bond acceptors (Lipinski definition) is 2. The molecule has 1 N–H and O–H groups in total. The van der Waals surface area contributed by atoms with E-state index in [4.69, 9.17) is 4.74 Å². The Balaban J connectivity index is 1.85. The molecule has 20 heavy (non-hydrogen) atoms. The zero-order valence-electron chi connectivity index (χ0n) is 11.5. The van der Waals surface area contributed by atoms with Crippen molar-refractivity contribution in [3.05, 3.63) is 65.5 Å². The molecule has 0 spiro atoms. The maximum absolute atomic E-state index is 13.0. The number of hydrogen-bond donors (Lipinski definition) is 1. The summed E-state index contributed by atoms with van der Waals surface area (Å²) < 4.78 is 18.9. The summed E-state index contributed by atoms with van der Waals surface area (Å²) in [6.45, 7) is 0. The number of ether oxygens (including phenoxy) is 1. The predicted molar refractivity (Wildman–Crippen MR) is 77.4 cm³/mol. The molecule has 1 fully saturated rings. The van der Waals surface area contributed by atoms with Gasteiger partial charge in [0.05, 0.1) is 12.1 Å². The second kappa shape index (κ2) is 5.63. The molecule has 0 aromatic heterocycles. The summed E-state index contributed by atoms with van der Waals surface area (Å²) in [5.74, 6) is 0.696. The monoisotopic (exact) mass is 271 g/mol. The summed E-state index contributed by atoms with van der Waals surface area (Å²) in [7, 11) is 1.91. The summed E-state index contributed by atoms with van der Waals surface area (Å²) >= 11 is 0. The summed E-state index contributed by atoms with van der Waals surface area (Å²) in [5, 5.41) is 3.27. The van der Waals surface area contributed by atoms with Crippen LogP contribution < -0.4 is 10.1 Å². The Morgan fingerprint density at radius 2 is 1.85 bits per heavy atom. The van der Waals surface area contributed by atoms with Crippen molar-refractivity contribution < 1.29 is 9.13 Å². The van der Waals surface area contributed by atoms with Gasteiger partial charge in [-0.05, 0) is 55.3 Å². The molecule has 1 unspecified atom stereocenters. The van der Waals surface area contributed by atoms with E-state index in [2.05, 4.69) is 17.4 Å². The Labute approximate surface area is 118 Å². The lowest BCUT2D eigenvalue weighted by Gasteiger charge is -2.18. The van der Waals surface area contributed by atoms with E-state index in [0.717, 1.165) is 29.7 Å². The molecule has 0 amide bonds. The molecule has 1 saturated carbocycles. The Hall–Kier alpha value is -1.87. The highest BCUT2D eigenvalue weighted by molar-refractivity contribution is 5.37. The Morgan fingerprint density at radius 1 is 1.10 bits per heavy atom. The zero-order chi connectivity index (χ0) is 13.9. The predicted octanol–water partition coefficient (Wildman–Crippen LogP) is 3.68. The number of halogens is 1. The second-order valence-corrected chi connectivity index (χ2v) is 5.16. The summed E-state index contributed by atoms with van der Waals surface area (Å²) in [4.78, 5) is 0. The van der Waals surface area contributed by atoms with Gasteiger partial charge in [0.1, 0.15) is 11.6 Å². The first-order chi connectivity index (χ1) is 9.76. The highest BCUT2D eigenvalue weighted by Crippen LogP contribution is 2.30. The lowest BCUT2D eigenvalue weighted by molar-refractivity contribution is 0.302. The van der Waals surface area contributed by atoms with Crippen LogP contribution in [0.2, 0.25) is 0 Å². The van der Waals surface area contributed by atoms with E-state index in [0.29, 0.717) is 6.10 Å². The van der Waals surface area contributed by atoms with E-state index in [1.165, 1.54) is 12.1 Å². The van der Waals surface area contributed by atoms with Gasteiger partial charge in [0.25, 0.3) is 0 Å². The highest BCUT2D eigenvalue weighted by atomic mass is 19.1. The molecule has 1 aliphatic rings. The first-order valence-electron chi connectivity index (χ1n) is 6.95. The van der Waals surface area contributed by atoms with Gasteiger partial charge in [-0.1, -0.05) is 24.3 Å². The first kappa shape index (κ1) is 13.1. The molecule has 0 heterocycles. The molecule has 3 rings (SSSR count). The van der Waals surface area contributed by atoms with Gasteiger partial charge in [0.15, 0.2) is 0 Å². The molecule has 0 radical (unpaired) electrons. The third-order valence-electron chi connectivity index (χ3n) is 3.51. The van der Waals surface area contributed by atoms with Gasteiger partial charge in [-0.25, -0.2) is 4.39 Å². The molecule has 0 aliphatic heterocycles. The number of rotatable bonds is 5. The third kappa shape index (κ3) is 2.99. The minimum absolute atomic E-state index is 0.0401. The highest BCUT2D eigenvalue weighted by Gasteiger charge is 2.23. The van der Waals surface area contributed by atoms with Crippen molar-refractivity contribution in [2.24, 2.45) is 0 Å². The molecular weight excluding hydrogens is 253 g/mol. The van der Waals surface area contributed by atoms with Gasteiger partial charge in [0.2, 0.25) is 0 Å². The molecule has 0 saturated heterocycles. The zero-order valence-corrected chi connectivity index (χ0v) is 11.5. The van der Waals surface area contributed by atoms with E-state index in [1.54, 1.807) is 0 Å². The van der Waals surface area contributed by atoms with Crippen LogP contribution >= 0.6 is 0 Å². The first-order valence-corrected chi connectivity index (χ1v) is 6.95. The minimum Gasteiger partial charge on any atom is -0.490 e. The lowest BCUT2D eigenvalue weighted by atomic mass is 9.99. The standard InChI is InChI=1S/C17H18FNO/c1-19-17(12-5-7-14(18)8-6-12)13-3-2-4-16(11-13)20-15-9-10-15/h2-8,11,15,17,19H,9-10H2,1H3. The van der Waals surface area contributed by atoms with E-state index in [1.807, 2.05) is 31.3 Å². The Morgan fingerprint density at radius 3 is 2.50 bits per heavy atom. The molecule has 0 bridgehead atoms. The molecule has 1 atom stereocenters. The van der Waals surface area contributed by atoms with Crippen LogP contribution in [-0.4, -0.2) is 13.2 Å². The van der Waals surface area contributed by atoms with Gasteiger partial charge < -0.3 is 10.1 Å². The van der Waals surface area contributed by atoms with Gasteiger partial charge in [0, 0.05) is 0 Å². The molecule has 3 heteroatoms. The summed E-state index contributed by atoms with van der Waals surface area (Å²) in [6, 6.07) is 14.7. The van der Waals surface area contributed by atoms with Gasteiger partial charge in [-0.15, -0.1) is 0 Å². The van der Waals surface area contributed by atoms with Crippen molar-refractivity contribution in [2.75, 3.05) is 7.05 Å². The Kier molecular flexibility index (Phi) is 3.70. The number of benzene rings is 2. The fraction of sp³-hybridized carbons (Fsp3) is 0.294. The van der Waals surface area contributed by atoms with Gasteiger partial charge >= 0.3 is 0 Å². The fourth-order valence-corrected chi connectivity index (χ4v) is 2.33. The fourth-order valence-electron chi connectivity index (χ4n) is 2.33. The van der Waals surface area contributed by atoms with Crippen LogP contribution in [0.25, 0.3) is 0 Å². The number of nitrogens with one attached hydrogen (secondary N) is 1. The second-order valence-electron chi connectivity index (χ2n) is 5.16. The topological polar surface area (TPSA) is 21.3 Å². The third-order valence-corrected chi connectivity index (χ3v) is 3.51. The van der Waals surface area contributed by atoms with Crippen LogP contribution in [0.3, 0.4) is 0 Å². The van der Waals surface area contributed by atoms with Crippen LogP contribution in [-0.2, 0) is 0 Å². The summed E-state index contributed by atoms with van der Waals surface area (Å²) in [6.07, 6.45) is 2.69. The van der Waals surface area contributed by atoms with Crippen LogP contribution in [0.5, 0.6) is 5.75 Å². The average molecular weight is 271 g/mol. The Bertz CT molecular complexity index is 578. The molecule has 2 aromatic rings. The van der Waals surface area contributed by atoms with Crippen molar-refractivity contribution in [3.63, 3.8) is 0 Å². The maximum Gasteiger partial charge on any atom is 0.123 e. The van der Waals surface area contributed by atoms with Crippen molar-refractivity contribution in [1.82, 2.24) is 5.32 Å². The molecule has 104 valence electrons. The average Bonchev–Trinajstić information content (AvgIpc) is 3.26. The van der Waals surface area contributed by atoms with Crippen molar-refractivity contribution in [2.45, 2.75) is 25.0 Å². The normalized spacial score (nSPS) is 15.9. The molecular formula is C17H18FNO. The SMILES string of the molecule is CNC(c1ccc(F)cc1)c1cccc(OC2CC2)c1. The van der Waals surface area contributed by atoms with E-state index < -0.39 is 0 Å². The van der Waals surface area contributed by atoms with E-state index in [-0.39, 0.29) is 11.9 Å². The van der Waals surface area contributed by atoms with E-state index in [9.17, 15) is 4.39 Å². The smallest absolute Gasteiger partial charge is 0.123 e. The van der Waals surface area contributed by atoms with Crippen molar-refractivity contribution in [3.8, 4) is 5.75 Å². The largest absolute Gasteiger partial charge is 0.490 e. The van der Waals surface area contributed by atoms with Crippen molar-refractivity contribution >= 4 is 0 Å². The van der Waals surface area contributed by atoms with Crippen molar-refractivity contribution in [1.29, 1.82) is 0 Å². The van der Waals surface area contributed by atoms with E-state index >= 15 is 0 Å². The van der Waals surface area contributed by atoms with Gasteiger partial charge in [-0.2, -0.15) is 0 Å². The van der Waals surface area contributed by atoms with Gasteiger partial charge in [-0.3, -0.25) is 0 Å². The molecule has 2 nitrogen and oxygen atoms in total. The minimum atomic E-state index is -0.213. The molecule has 2 aromatic carbocycles. The lowest BCUT2D eigenvalue weighted by Crippen LogP contribution is -2.17. The maximum atomic E-state index is 13.0. The summed E-state index contributed by atoms with van der Waals surface area (Å²) in [5.41, 5.74) is 2.16. The van der Waals surface area contributed by atoms with Crippen LogP contribution in [0, 0.1) is 5.82 Å². The van der Waals surface area contributed by atoms with Crippen LogP contribution in [0.1, 0.15) is 30.0 Å².